The number of carboxylic acids is 1. The largest absolute Gasteiger partial charge is 0.491 e. The first-order chi connectivity index (χ1) is 15.1. The number of Topliss-reactive ketones (excluding diaryl/α,β-unsaturated/α-hetero) is 1. The van der Waals surface area contributed by atoms with Crippen LogP contribution in [0.15, 0.2) is 60.7 Å². The highest BCUT2D eigenvalue weighted by Crippen LogP contribution is 2.38. The molecule has 0 aliphatic heterocycles. The second kappa shape index (κ2) is 11.1. The molecule has 2 aromatic rings. The SMILES string of the molecule is CC(=O)c1ccc(NC(=O)O[C@@H](c2ccc(OCCO)cc2)C(C)(C)/C=C/C(=O)O)cc1. The summed E-state index contributed by atoms with van der Waals surface area (Å²) in [6.07, 6.45) is 0.919. The number of carbonyl (C=O) groups is 3. The van der Waals surface area contributed by atoms with Crippen LogP contribution in [0.4, 0.5) is 10.5 Å². The van der Waals surface area contributed by atoms with Gasteiger partial charge in [-0.25, -0.2) is 9.59 Å². The summed E-state index contributed by atoms with van der Waals surface area (Å²) in [5.41, 5.74) is 0.737. The molecule has 32 heavy (non-hydrogen) atoms. The van der Waals surface area contributed by atoms with Crippen LogP contribution in [-0.4, -0.2) is 41.3 Å². The van der Waals surface area contributed by atoms with Crippen molar-refractivity contribution in [2.45, 2.75) is 26.9 Å². The van der Waals surface area contributed by atoms with E-state index in [1.165, 1.54) is 13.0 Å². The van der Waals surface area contributed by atoms with Crippen LogP contribution < -0.4 is 10.1 Å². The molecule has 0 spiro atoms. The molecule has 1 amide bonds. The number of benzene rings is 2. The van der Waals surface area contributed by atoms with E-state index >= 15 is 0 Å². The summed E-state index contributed by atoms with van der Waals surface area (Å²) in [5, 5.41) is 20.5. The Morgan fingerprint density at radius 3 is 2.22 bits per heavy atom. The molecule has 170 valence electrons. The smallest absolute Gasteiger partial charge is 0.412 e. The van der Waals surface area contributed by atoms with Crippen LogP contribution >= 0.6 is 0 Å². The van der Waals surface area contributed by atoms with Crippen molar-refractivity contribution in [2.24, 2.45) is 5.41 Å². The molecule has 0 heterocycles. The Morgan fingerprint density at radius 2 is 1.69 bits per heavy atom. The number of carbonyl (C=O) groups excluding carboxylic acids is 2. The molecule has 0 aliphatic rings. The molecule has 0 radical (unpaired) electrons. The molecule has 0 aromatic heterocycles. The summed E-state index contributed by atoms with van der Waals surface area (Å²) in [6.45, 7) is 4.99. The molecule has 2 rings (SSSR count). The van der Waals surface area contributed by atoms with Crippen molar-refractivity contribution in [3.05, 3.63) is 71.8 Å². The molecule has 0 bridgehead atoms. The molecular weight excluding hydrogens is 414 g/mol. The lowest BCUT2D eigenvalue weighted by Crippen LogP contribution is -2.27. The predicted molar refractivity (Wildman–Crippen MR) is 119 cm³/mol. The lowest BCUT2D eigenvalue weighted by molar-refractivity contribution is -0.131. The summed E-state index contributed by atoms with van der Waals surface area (Å²) in [6, 6.07) is 13.2. The van der Waals surface area contributed by atoms with Gasteiger partial charge in [-0.05, 0) is 48.9 Å². The van der Waals surface area contributed by atoms with Gasteiger partial charge in [-0.15, -0.1) is 0 Å². The van der Waals surface area contributed by atoms with Crippen molar-refractivity contribution in [2.75, 3.05) is 18.5 Å². The van der Waals surface area contributed by atoms with Crippen molar-refractivity contribution >= 4 is 23.5 Å². The minimum absolute atomic E-state index is 0.0856. The maximum atomic E-state index is 12.6. The summed E-state index contributed by atoms with van der Waals surface area (Å²) in [5.74, 6) is -0.660. The molecule has 1 atom stereocenters. The zero-order chi connectivity index (χ0) is 23.7. The number of aliphatic hydroxyl groups excluding tert-OH is 1. The van der Waals surface area contributed by atoms with Gasteiger partial charge in [-0.3, -0.25) is 10.1 Å². The monoisotopic (exact) mass is 441 g/mol. The number of ketones is 1. The number of ether oxygens (including phenoxy) is 2. The molecule has 0 saturated heterocycles. The molecule has 0 unspecified atom stereocenters. The van der Waals surface area contributed by atoms with E-state index in [1.54, 1.807) is 62.4 Å². The zero-order valence-corrected chi connectivity index (χ0v) is 18.2. The van der Waals surface area contributed by atoms with Gasteiger partial charge < -0.3 is 19.7 Å². The number of aliphatic carboxylic acids is 1. The van der Waals surface area contributed by atoms with Gasteiger partial charge in [-0.1, -0.05) is 32.1 Å². The van der Waals surface area contributed by atoms with Gasteiger partial charge in [0.15, 0.2) is 5.78 Å². The summed E-state index contributed by atoms with van der Waals surface area (Å²) >= 11 is 0. The van der Waals surface area contributed by atoms with Crippen LogP contribution in [0, 0.1) is 5.41 Å². The topological polar surface area (TPSA) is 122 Å². The van der Waals surface area contributed by atoms with Crippen molar-refractivity contribution in [3.8, 4) is 5.75 Å². The van der Waals surface area contributed by atoms with Crippen LogP contribution in [0.5, 0.6) is 5.75 Å². The Morgan fingerprint density at radius 1 is 1.06 bits per heavy atom. The van der Waals surface area contributed by atoms with Crippen molar-refractivity contribution in [1.29, 1.82) is 0 Å². The Balaban J connectivity index is 2.24. The van der Waals surface area contributed by atoms with Crippen LogP contribution in [0.1, 0.15) is 42.8 Å². The van der Waals surface area contributed by atoms with Gasteiger partial charge in [0.1, 0.15) is 18.5 Å². The number of nitrogens with one attached hydrogen (secondary N) is 1. The third-order valence-corrected chi connectivity index (χ3v) is 4.64. The fourth-order valence-corrected chi connectivity index (χ4v) is 2.97. The first kappa shape index (κ1) is 24.6. The third kappa shape index (κ3) is 7.24. The van der Waals surface area contributed by atoms with E-state index in [2.05, 4.69) is 5.32 Å². The molecule has 3 N–H and O–H groups in total. The van der Waals surface area contributed by atoms with Crippen LogP contribution in [0.3, 0.4) is 0 Å². The van der Waals surface area contributed by atoms with Crippen molar-refractivity contribution in [1.82, 2.24) is 0 Å². The van der Waals surface area contributed by atoms with Gasteiger partial charge >= 0.3 is 12.1 Å². The quantitative estimate of drug-likeness (QED) is 0.373. The average Bonchev–Trinajstić information content (AvgIpc) is 2.75. The minimum atomic E-state index is -1.11. The minimum Gasteiger partial charge on any atom is -0.491 e. The lowest BCUT2D eigenvalue weighted by Gasteiger charge is -2.31. The first-order valence-electron chi connectivity index (χ1n) is 9.97. The second-order valence-electron chi connectivity index (χ2n) is 7.68. The van der Waals surface area contributed by atoms with Crippen molar-refractivity contribution < 1.29 is 34.1 Å². The van der Waals surface area contributed by atoms with E-state index in [9.17, 15) is 14.4 Å². The maximum absolute atomic E-state index is 12.6. The van der Waals surface area contributed by atoms with E-state index in [1.807, 2.05) is 0 Å². The van der Waals surface area contributed by atoms with E-state index in [0.717, 1.165) is 6.08 Å². The number of carboxylic acid groups (broad SMARTS) is 1. The van der Waals surface area contributed by atoms with E-state index in [-0.39, 0.29) is 19.0 Å². The van der Waals surface area contributed by atoms with Gasteiger partial charge in [0.25, 0.3) is 0 Å². The number of amides is 1. The first-order valence-corrected chi connectivity index (χ1v) is 9.97. The van der Waals surface area contributed by atoms with E-state index in [4.69, 9.17) is 19.7 Å². The molecule has 2 aromatic carbocycles. The molecule has 0 aliphatic carbocycles. The number of hydrogen-bond donors (Lipinski definition) is 3. The number of aliphatic hydroxyl groups is 1. The summed E-state index contributed by atoms with van der Waals surface area (Å²) in [7, 11) is 0. The standard InChI is InChI=1S/C24H27NO7/c1-16(27)17-4-8-19(9-5-17)25-23(30)32-22(24(2,3)13-12-21(28)29)18-6-10-20(11-7-18)31-15-14-26/h4-13,22,26H,14-15H2,1-3H3,(H,25,30)(H,28,29)/b13-12+/t22-/m0/s1. The Labute approximate surface area is 186 Å². The molecule has 0 saturated carbocycles. The second-order valence-corrected chi connectivity index (χ2v) is 7.68. The molecule has 8 nitrogen and oxygen atoms in total. The third-order valence-electron chi connectivity index (χ3n) is 4.64. The molecule has 8 heteroatoms. The van der Waals surface area contributed by atoms with Gasteiger partial charge in [-0.2, -0.15) is 0 Å². The van der Waals surface area contributed by atoms with Gasteiger partial charge in [0.2, 0.25) is 0 Å². The van der Waals surface area contributed by atoms with E-state index < -0.39 is 23.6 Å². The zero-order valence-electron chi connectivity index (χ0n) is 18.2. The number of hydrogen-bond acceptors (Lipinski definition) is 6. The number of rotatable bonds is 10. The maximum Gasteiger partial charge on any atom is 0.412 e. The lowest BCUT2D eigenvalue weighted by atomic mass is 9.82. The fraction of sp³-hybridized carbons (Fsp3) is 0.292. The Bertz CT molecular complexity index is 963. The molecular formula is C24H27NO7. The summed E-state index contributed by atoms with van der Waals surface area (Å²) < 4.78 is 11.0. The average molecular weight is 441 g/mol. The van der Waals surface area contributed by atoms with Crippen LogP contribution in [-0.2, 0) is 9.53 Å². The van der Waals surface area contributed by atoms with Gasteiger partial charge in [0.05, 0.1) is 6.61 Å². The Kier molecular flexibility index (Phi) is 8.54. The van der Waals surface area contributed by atoms with Gasteiger partial charge in [0, 0.05) is 22.7 Å². The Hall–Kier alpha value is -3.65. The normalized spacial score (nSPS) is 12.2. The fourth-order valence-electron chi connectivity index (χ4n) is 2.97. The van der Waals surface area contributed by atoms with Crippen LogP contribution in [0.2, 0.25) is 0 Å². The van der Waals surface area contributed by atoms with Crippen molar-refractivity contribution in [3.63, 3.8) is 0 Å². The predicted octanol–water partition coefficient (Wildman–Crippen LogP) is 4.22. The number of anilines is 1. The van der Waals surface area contributed by atoms with E-state index in [0.29, 0.717) is 22.6 Å². The summed E-state index contributed by atoms with van der Waals surface area (Å²) in [4.78, 5) is 35.0. The molecule has 0 fully saturated rings. The highest BCUT2D eigenvalue weighted by molar-refractivity contribution is 5.95. The highest BCUT2D eigenvalue weighted by Gasteiger charge is 2.32. The highest BCUT2D eigenvalue weighted by atomic mass is 16.6. The van der Waals surface area contributed by atoms with Crippen LogP contribution in [0.25, 0.3) is 0 Å².